The summed E-state index contributed by atoms with van der Waals surface area (Å²) in [6.07, 6.45) is 9.03. The van der Waals surface area contributed by atoms with Crippen LogP contribution in [0.2, 0.25) is 0 Å². The minimum atomic E-state index is -0.801. The number of hydrogen-bond donors (Lipinski definition) is 0. The first-order valence-corrected chi connectivity index (χ1v) is 9.50. The van der Waals surface area contributed by atoms with Gasteiger partial charge in [0.25, 0.3) is 0 Å². The van der Waals surface area contributed by atoms with E-state index in [9.17, 15) is 9.47 Å². The fourth-order valence-electron chi connectivity index (χ4n) is 3.86. The van der Waals surface area contributed by atoms with E-state index in [0.717, 1.165) is 32.1 Å². The predicted molar refractivity (Wildman–Crippen MR) is 84.7 cm³/mol. The molecular formula is C17H29NOS. The molecule has 0 aromatic rings. The topological polar surface area (TPSA) is 40.9 Å². The summed E-state index contributed by atoms with van der Waals surface area (Å²) < 4.78 is 13.0. The minimum absolute atomic E-state index is 0.0244. The van der Waals surface area contributed by atoms with Crippen LogP contribution in [0.25, 0.3) is 0 Å². The van der Waals surface area contributed by atoms with Crippen LogP contribution in [0.1, 0.15) is 72.1 Å². The summed E-state index contributed by atoms with van der Waals surface area (Å²) in [5, 5.41) is 9.90. The van der Waals surface area contributed by atoms with Crippen molar-refractivity contribution in [3.63, 3.8) is 0 Å². The molecule has 0 aliphatic heterocycles. The fourth-order valence-corrected chi connectivity index (χ4v) is 6.10. The highest BCUT2D eigenvalue weighted by molar-refractivity contribution is 7.86. The van der Waals surface area contributed by atoms with Crippen LogP contribution in [0.3, 0.4) is 0 Å². The van der Waals surface area contributed by atoms with Gasteiger partial charge in [-0.25, -0.2) is 0 Å². The monoisotopic (exact) mass is 295 g/mol. The highest BCUT2D eigenvalue weighted by Crippen LogP contribution is 2.42. The predicted octanol–water partition coefficient (Wildman–Crippen LogP) is 4.42. The number of rotatable bonds is 2. The van der Waals surface area contributed by atoms with Crippen molar-refractivity contribution in [1.29, 1.82) is 5.26 Å². The molecule has 0 N–H and O–H groups in total. The van der Waals surface area contributed by atoms with Gasteiger partial charge in [-0.05, 0) is 43.4 Å². The van der Waals surface area contributed by atoms with Crippen LogP contribution in [0.15, 0.2) is 0 Å². The number of hydrogen-bond acceptors (Lipinski definition) is 2. The Balaban J connectivity index is 2.08. The second-order valence-electron chi connectivity index (χ2n) is 7.74. The Morgan fingerprint density at radius 3 is 2.25 bits per heavy atom. The zero-order chi connectivity index (χ0) is 14.8. The molecule has 2 fully saturated rings. The maximum atomic E-state index is 13.0. The molecule has 0 radical (unpaired) electrons. The summed E-state index contributed by atoms with van der Waals surface area (Å²) in [5.74, 6) is 0.640. The lowest BCUT2D eigenvalue weighted by Gasteiger charge is -2.40. The summed E-state index contributed by atoms with van der Waals surface area (Å²) in [5.41, 5.74) is 0.273. The van der Waals surface area contributed by atoms with Crippen LogP contribution in [-0.4, -0.2) is 14.7 Å². The van der Waals surface area contributed by atoms with Gasteiger partial charge in [0.15, 0.2) is 0 Å². The van der Waals surface area contributed by atoms with Gasteiger partial charge in [-0.15, -0.1) is 0 Å². The van der Waals surface area contributed by atoms with Gasteiger partial charge in [-0.3, -0.25) is 4.21 Å². The van der Waals surface area contributed by atoms with E-state index in [4.69, 9.17) is 0 Å². The zero-order valence-electron chi connectivity index (χ0n) is 13.2. The summed E-state index contributed by atoms with van der Waals surface area (Å²) >= 11 is 0. The van der Waals surface area contributed by atoms with Crippen molar-refractivity contribution in [3.8, 4) is 6.07 Å². The average molecular weight is 295 g/mol. The van der Waals surface area contributed by atoms with Crippen molar-refractivity contribution in [2.24, 2.45) is 17.3 Å². The lowest BCUT2D eigenvalue weighted by atomic mass is 9.70. The zero-order valence-corrected chi connectivity index (χ0v) is 14.0. The molecule has 0 amide bonds. The van der Waals surface area contributed by atoms with Crippen molar-refractivity contribution in [3.05, 3.63) is 0 Å². The van der Waals surface area contributed by atoms with Crippen molar-refractivity contribution in [1.82, 2.24) is 0 Å². The molecule has 4 unspecified atom stereocenters. The Morgan fingerprint density at radius 1 is 1.05 bits per heavy atom. The van der Waals surface area contributed by atoms with E-state index in [0.29, 0.717) is 11.2 Å². The van der Waals surface area contributed by atoms with Crippen LogP contribution >= 0.6 is 0 Å². The van der Waals surface area contributed by atoms with Gasteiger partial charge in [0.05, 0.1) is 17.2 Å². The molecule has 4 atom stereocenters. The van der Waals surface area contributed by atoms with Crippen molar-refractivity contribution in [2.45, 2.75) is 82.6 Å². The molecule has 20 heavy (non-hydrogen) atoms. The van der Waals surface area contributed by atoms with Crippen LogP contribution in [0.4, 0.5) is 0 Å². The maximum absolute atomic E-state index is 13.0. The van der Waals surface area contributed by atoms with Crippen molar-refractivity contribution in [2.75, 3.05) is 0 Å². The van der Waals surface area contributed by atoms with E-state index in [1.54, 1.807) is 0 Å². The molecule has 3 heteroatoms. The van der Waals surface area contributed by atoms with Gasteiger partial charge in [0, 0.05) is 16.0 Å². The Labute approximate surface area is 126 Å². The van der Waals surface area contributed by atoms with E-state index >= 15 is 0 Å². The molecule has 0 bridgehead atoms. The molecule has 2 aliphatic rings. The summed E-state index contributed by atoms with van der Waals surface area (Å²) in [7, 11) is -0.801. The molecule has 2 nitrogen and oxygen atoms in total. The molecule has 0 aromatic carbocycles. The third-order valence-corrected chi connectivity index (χ3v) is 7.61. The first-order valence-electron chi connectivity index (χ1n) is 8.22. The largest absolute Gasteiger partial charge is 0.259 e. The van der Waals surface area contributed by atoms with Crippen LogP contribution in [0.5, 0.6) is 0 Å². The Morgan fingerprint density at radius 2 is 1.70 bits per heavy atom. The van der Waals surface area contributed by atoms with E-state index < -0.39 is 10.8 Å². The molecule has 2 saturated carbocycles. The highest BCUT2D eigenvalue weighted by atomic mass is 32.2. The van der Waals surface area contributed by atoms with Crippen LogP contribution in [0, 0.1) is 28.6 Å². The van der Waals surface area contributed by atoms with Gasteiger partial charge < -0.3 is 0 Å². The third kappa shape index (κ3) is 3.64. The van der Waals surface area contributed by atoms with Gasteiger partial charge in [0.1, 0.15) is 0 Å². The van der Waals surface area contributed by atoms with E-state index in [-0.39, 0.29) is 16.6 Å². The third-order valence-electron chi connectivity index (χ3n) is 5.36. The SMILES string of the molecule is CC(C)(C)C1CCC(C#N)C(S(=O)C2CCCCC2)C1. The molecule has 0 heterocycles. The average Bonchev–Trinajstić information content (AvgIpc) is 2.45. The molecule has 2 rings (SSSR count). The smallest absolute Gasteiger partial charge is 0.0668 e. The first-order chi connectivity index (χ1) is 9.43. The Hall–Kier alpha value is -0.360. The second kappa shape index (κ2) is 6.60. The van der Waals surface area contributed by atoms with Crippen molar-refractivity contribution < 1.29 is 4.21 Å². The number of nitriles is 1. The van der Waals surface area contributed by atoms with Crippen LogP contribution < -0.4 is 0 Å². The summed E-state index contributed by atoms with van der Waals surface area (Å²) in [6.45, 7) is 6.85. The van der Waals surface area contributed by atoms with E-state index in [1.165, 1.54) is 19.3 Å². The first kappa shape index (κ1) is 16.0. The summed E-state index contributed by atoms with van der Waals surface area (Å²) in [4.78, 5) is 0. The van der Waals surface area contributed by atoms with Crippen molar-refractivity contribution >= 4 is 10.8 Å². The Kier molecular flexibility index (Phi) is 5.29. The minimum Gasteiger partial charge on any atom is -0.259 e. The molecule has 0 aromatic heterocycles. The molecular weight excluding hydrogens is 266 g/mol. The van der Waals surface area contributed by atoms with Gasteiger partial charge in [0.2, 0.25) is 0 Å². The van der Waals surface area contributed by atoms with Gasteiger partial charge in [-0.1, -0.05) is 40.0 Å². The second-order valence-corrected chi connectivity index (χ2v) is 9.67. The quantitative estimate of drug-likeness (QED) is 0.756. The lowest BCUT2D eigenvalue weighted by Crippen LogP contribution is -2.40. The highest BCUT2D eigenvalue weighted by Gasteiger charge is 2.40. The molecule has 114 valence electrons. The van der Waals surface area contributed by atoms with Gasteiger partial charge in [-0.2, -0.15) is 5.26 Å². The lowest BCUT2D eigenvalue weighted by molar-refractivity contribution is 0.167. The maximum Gasteiger partial charge on any atom is 0.0668 e. The standard InChI is InChI=1S/C17H29NOS/c1-17(2,3)14-10-9-13(12-18)16(11-14)20(19)15-7-5-4-6-8-15/h13-16H,4-11H2,1-3H3. The van der Waals surface area contributed by atoms with E-state index in [1.807, 2.05) is 0 Å². The van der Waals surface area contributed by atoms with Gasteiger partial charge >= 0.3 is 0 Å². The fraction of sp³-hybridized carbons (Fsp3) is 0.941. The Bertz CT molecular complexity index is 387. The van der Waals surface area contributed by atoms with E-state index in [2.05, 4.69) is 26.8 Å². The molecule has 2 aliphatic carbocycles. The molecule has 0 saturated heterocycles. The normalized spacial score (nSPS) is 34.4. The van der Waals surface area contributed by atoms with Crippen LogP contribution in [-0.2, 0) is 10.8 Å². The molecule has 0 spiro atoms. The summed E-state index contributed by atoms with van der Waals surface area (Å²) in [6, 6.07) is 2.45. The number of nitrogens with zero attached hydrogens (tertiary/aromatic N) is 1.